The molecule has 1 saturated carbocycles. The fourth-order valence-electron chi connectivity index (χ4n) is 2.57. The van der Waals surface area contributed by atoms with Crippen molar-refractivity contribution in [3.05, 3.63) is 18.2 Å². The molecule has 8 nitrogen and oxygen atoms in total. The van der Waals surface area contributed by atoms with Crippen LogP contribution in [-0.4, -0.2) is 46.7 Å². The van der Waals surface area contributed by atoms with Crippen LogP contribution in [0.4, 0.5) is 0 Å². The lowest BCUT2D eigenvalue weighted by molar-refractivity contribution is -0.120. The molecule has 0 heterocycles. The molecule has 0 bridgehead atoms. The average molecular weight is 385 g/mol. The molecule has 1 aliphatic carbocycles. The summed E-state index contributed by atoms with van der Waals surface area (Å²) in [7, 11) is -3.85. The van der Waals surface area contributed by atoms with Crippen LogP contribution in [-0.2, 0) is 14.8 Å². The maximum absolute atomic E-state index is 12.5. The number of amides is 1. The Morgan fingerprint density at radius 3 is 2.46 bits per heavy atom. The molecule has 146 valence electrons. The van der Waals surface area contributed by atoms with E-state index in [2.05, 4.69) is 10.0 Å². The first-order chi connectivity index (χ1) is 12.4. The highest BCUT2D eigenvalue weighted by Gasteiger charge is 2.31. The van der Waals surface area contributed by atoms with Crippen LogP contribution in [0, 0.1) is 5.92 Å². The van der Waals surface area contributed by atoms with E-state index in [0.717, 1.165) is 12.8 Å². The SMILES string of the molecule is CCOc1ccc(S(=O)(=O)NCC(=O)NC(CN)C2CC2)cc1OCC. The number of carbonyl (C=O) groups excluding carboxylic acids is 1. The van der Waals surface area contributed by atoms with Gasteiger partial charge in [-0.15, -0.1) is 0 Å². The molecule has 1 fully saturated rings. The number of nitrogens with two attached hydrogens (primary N) is 1. The van der Waals surface area contributed by atoms with Crippen molar-refractivity contribution in [2.24, 2.45) is 11.7 Å². The minimum atomic E-state index is -3.85. The lowest BCUT2D eigenvalue weighted by Crippen LogP contribution is -2.46. The topological polar surface area (TPSA) is 120 Å². The summed E-state index contributed by atoms with van der Waals surface area (Å²) in [5.74, 6) is 0.826. The molecule has 9 heteroatoms. The molecule has 1 unspecified atom stereocenters. The van der Waals surface area contributed by atoms with E-state index in [9.17, 15) is 13.2 Å². The van der Waals surface area contributed by atoms with Gasteiger partial charge in [0.15, 0.2) is 11.5 Å². The van der Waals surface area contributed by atoms with E-state index >= 15 is 0 Å². The number of rotatable bonds is 11. The largest absolute Gasteiger partial charge is 0.490 e. The maximum Gasteiger partial charge on any atom is 0.241 e. The molecule has 1 aromatic carbocycles. The van der Waals surface area contributed by atoms with Gasteiger partial charge >= 0.3 is 0 Å². The lowest BCUT2D eigenvalue weighted by atomic mass is 10.2. The summed E-state index contributed by atoms with van der Waals surface area (Å²) >= 11 is 0. The highest BCUT2D eigenvalue weighted by atomic mass is 32.2. The van der Waals surface area contributed by atoms with Crippen LogP contribution < -0.4 is 25.2 Å². The van der Waals surface area contributed by atoms with Crippen molar-refractivity contribution in [1.82, 2.24) is 10.0 Å². The molecule has 4 N–H and O–H groups in total. The molecule has 1 amide bonds. The van der Waals surface area contributed by atoms with Gasteiger partial charge in [-0.3, -0.25) is 4.79 Å². The van der Waals surface area contributed by atoms with Gasteiger partial charge in [-0.05, 0) is 44.7 Å². The Labute approximate surface area is 154 Å². The second-order valence-electron chi connectivity index (χ2n) is 6.05. The number of hydrogen-bond donors (Lipinski definition) is 3. The zero-order valence-corrected chi connectivity index (χ0v) is 16.0. The van der Waals surface area contributed by atoms with Crippen LogP contribution in [0.1, 0.15) is 26.7 Å². The summed E-state index contributed by atoms with van der Waals surface area (Å²) < 4.78 is 38.1. The molecular formula is C17H27N3O5S. The van der Waals surface area contributed by atoms with Gasteiger partial charge in [0.2, 0.25) is 15.9 Å². The van der Waals surface area contributed by atoms with Crippen molar-refractivity contribution in [2.75, 3.05) is 26.3 Å². The number of carbonyl (C=O) groups is 1. The van der Waals surface area contributed by atoms with Crippen LogP contribution in [0.5, 0.6) is 11.5 Å². The molecule has 1 atom stereocenters. The summed E-state index contributed by atoms with van der Waals surface area (Å²) in [6.07, 6.45) is 2.08. The second kappa shape index (κ2) is 9.20. The summed E-state index contributed by atoms with van der Waals surface area (Å²) in [5, 5.41) is 2.77. The molecule has 1 aliphatic rings. The fourth-order valence-corrected chi connectivity index (χ4v) is 3.57. The highest BCUT2D eigenvalue weighted by molar-refractivity contribution is 7.89. The van der Waals surface area contributed by atoms with Crippen molar-refractivity contribution in [3.8, 4) is 11.5 Å². The van der Waals surface area contributed by atoms with Gasteiger partial charge in [-0.2, -0.15) is 0 Å². The van der Waals surface area contributed by atoms with Crippen molar-refractivity contribution < 1.29 is 22.7 Å². The van der Waals surface area contributed by atoms with Gasteiger partial charge in [0.25, 0.3) is 0 Å². The maximum atomic E-state index is 12.5. The van der Waals surface area contributed by atoms with Crippen molar-refractivity contribution in [2.45, 2.75) is 37.6 Å². The second-order valence-corrected chi connectivity index (χ2v) is 7.81. The zero-order chi connectivity index (χ0) is 19.2. The van der Waals surface area contributed by atoms with Crippen LogP contribution >= 0.6 is 0 Å². The van der Waals surface area contributed by atoms with Crippen LogP contribution in [0.2, 0.25) is 0 Å². The van der Waals surface area contributed by atoms with E-state index in [1.807, 2.05) is 6.92 Å². The summed E-state index contributed by atoms with van der Waals surface area (Å²) in [6.45, 7) is 4.45. The molecule has 0 aromatic heterocycles. The summed E-state index contributed by atoms with van der Waals surface area (Å²) in [4.78, 5) is 12.0. The predicted octanol–water partition coefficient (Wildman–Crippen LogP) is 0.616. The van der Waals surface area contributed by atoms with E-state index in [1.54, 1.807) is 13.0 Å². The predicted molar refractivity (Wildman–Crippen MR) is 97.7 cm³/mol. The van der Waals surface area contributed by atoms with Crippen LogP contribution in [0.3, 0.4) is 0 Å². The molecule has 0 saturated heterocycles. The number of ether oxygens (including phenoxy) is 2. The van der Waals surface area contributed by atoms with Gasteiger partial charge in [0.05, 0.1) is 24.7 Å². The number of benzene rings is 1. The lowest BCUT2D eigenvalue weighted by Gasteiger charge is -2.16. The Morgan fingerprint density at radius 1 is 1.23 bits per heavy atom. The van der Waals surface area contributed by atoms with E-state index in [4.69, 9.17) is 15.2 Å². The van der Waals surface area contributed by atoms with Gasteiger partial charge in [-0.1, -0.05) is 0 Å². The zero-order valence-electron chi connectivity index (χ0n) is 15.2. The van der Waals surface area contributed by atoms with E-state index in [-0.39, 0.29) is 17.5 Å². The number of sulfonamides is 1. The third-order valence-electron chi connectivity index (χ3n) is 4.04. The quantitative estimate of drug-likeness (QED) is 0.514. The standard InChI is InChI=1S/C17H27N3O5S/c1-3-24-15-8-7-13(9-16(15)25-4-2)26(22,23)19-11-17(21)20-14(10-18)12-5-6-12/h7-9,12,14,19H,3-6,10-11,18H2,1-2H3,(H,20,21). The Kier molecular flexibility index (Phi) is 7.24. The monoisotopic (exact) mass is 385 g/mol. The summed E-state index contributed by atoms with van der Waals surface area (Å²) in [6, 6.07) is 4.25. The summed E-state index contributed by atoms with van der Waals surface area (Å²) in [5.41, 5.74) is 5.64. The molecule has 1 aromatic rings. The minimum Gasteiger partial charge on any atom is -0.490 e. The Hall–Kier alpha value is -1.84. The van der Waals surface area contributed by atoms with E-state index in [0.29, 0.717) is 37.2 Å². The smallest absolute Gasteiger partial charge is 0.241 e. The van der Waals surface area contributed by atoms with E-state index in [1.165, 1.54) is 12.1 Å². The fraction of sp³-hybridized carbons (Fsp3) is 0.588. The van der Waals surface area contributed by atoms with E-state index < -0.39 is 15.9 Å². The van der Waals surface area contributed by atoms with Gasteiger partial charge in [0, 0.05) is 18.7 Å². The molecule has 0 spiro atoms. The van der Waals surface area contributed by atoms with Crippen molar-refractivity contribution in [3.63, 3.8) is 0 Å². The normalized spacial score (nSPS) is 15.3. The number of hydrogen-bond acceptors (Lipinski definition) is 6. The Balaban J connectivity index is 2.02. The van der Waals surface area contributed by atoms with Crippen molar-refractivity contribution >= 4 is 15.9 Å². The van der Waals surface area contributed by atoms with Gasteiger partial charge < -0.3 is 20.5 Å². The third kappa shape index (κ3) is 5.58. The third-order valence-corrected chi connectivity index (χ3v) is 5.44. The number of nitrogens with one attached hydrogen (secondary N) is 2. The minimum absolute atomic E-state index is 0.00905. The van der Waals surface area contributed by atoms with Gasteiger partial charge in [-0.25, -0.2) is 13.1 Å². The molecule has 26 heavy (non-hydrogen) atoms. The van der Waals surface area contributed by atoms with Crippen LogP contribution in [0.15, 0.2) is 23.1 Å². The van der Waals surface area contributed by atoms with Crippen molar-refractivity contribution in [1.29, 1.82) is 0 Å². The average Bonchev–Trinajstić information content (AvgIpc) is 3.45. The molecule has 0 aliphatic heterocycles. The van der Waals surface area contributed by atoms with Gasteiger partial charge in [0.1, 0.15) is 0 Å². The first-order valence-electron chi connectivity index (χ1n) is 8.80. The Morgan fingerprint density at radius 2 is 1.88 bits per heavy atom. The first-order valence-corrected chi connectivity index (χ1v) is 10.3. The molecular weight excluding hydrogens is 358 g/mol. The molecule has 2 rings (SSSR count). The molecule has 0 radical (unpaired) electrons. The first kappa shape index (κ1) is 20.5. The highest BCUT2D eigenvalue weighted by Crippen LogP contribution is 2.32. The van der Waals surface area contributed by atoms with Crippen LogP contribution in [0.25, 0.3) is 0 Å². The Bertz CT molecular complexity index is 719.